The number of hydrogen-bond donors (Lipinski definition) is 0. The predicted octanol–water partition coefficient (Wildman–Crippen LogP) is 0.499. The van der Waals surface area contributed by atoms with Crippen molar-refractivity contribution in [2.24, 2.45) is 0 Å². The number of aryl methyl sites for hydroxylation is 1. The van der Waals surface area contributed by atoms with Crippen LogP contribution in [0.1, 0.15) is 21.5 Å². The molecule has 0 radical (unpaired) electrons. The van der Waals surface area contributed by atoms with E-state index in [9.17, 15) is 4.79 Å². The average molecular weight is 159 g/mol. The highest BCUT2D eigenvalue weighted by atomic mass is 16.2. The molecule has 1 aliphatic heterocycles. The number of carbonyl (C=O) groups is 1. The second kappa shape index (κ2) is 2.37. The Kier molecular flexibility index (Phi) is 1.46. The van der Waals surface area contributed by atoms with Crippen LogP contribution in [-0.2, 0) is 6.54 Å². The third-order valence-electron chi connectivity index (χ3n) is 2.33. The summed E-state index contributed by atoms with van der Waals surface area (Å²) in [5.74, 6) is 0.156. The zero-order valence-electron chi connectivity index (χ0n) is 7.29. The molecule has 2 rings (SSSR count). The monoisotopic (exact) mass is 159 g/mol. The van der Waals surface area contributed by atoms with Gasteiger partial charge in [0, 0.05) is 12.1 Å². The molecule has 1 heterocycles. The van der Waals surface area contributed by atoms with Crippen LogP contribution in [-0.4, -0.2) is 18.7 Å². The Morgan fingerprint density at radius 1 is 1.50 bits per heavy atom. The van der Waals surface area contributed by atoms with E-state index in [1.165, 1.54) is 0 Å². The fraction of sp³-hybridized carbons (Fsp3) is 0.222. The van der Waals surface area contributed by atoms with Crippen LogP contribution < -0.4 is 0 Å². The van der Waals surface area contributed by atoms with E-state index < -0.39 is 0 Å². The molecule has 0 fully saturated rings. The first-order chi connectivity index (χ1) is 5.70. The van der Waals surface area contributed by atoms with Gasteiger partial charge >= 0.3 is 0 Å². The summed E-state index contributed by atoms with van der Waals surface area (Å²) in [7, 11) is 1.84. The molecular weight excluding hydrogens is 149 g/mol. The number of amides is 1. The summed E-state index contributed by atoms with van der Waals surface area (Å²) >= 11 is 0. The number of rotatable bonds is 0. The van der Waals surface area contributed by atoms with Gasteiger partial charge < -0.3 is 4.81 Å². The maximum Gasteiger partial charge on any atom is 0.242 e. The quantitative estimate of drug-likeness (QED) is 0.504. The average Bonchev–Trinajstić information content (AvgIpc) is 2.29. The minimum Gasteiger partial charge on any atom is -0.386 e. The van der Waals surface area contributed by atoms with Gasteiger partial charge in [0.2, 0.25) is 13.9 Å². The third kappa shape index (κ3) is 0.859. The van der Waals surface area contributed by atoms with E-state index in [0.717, 1.165) is 23.2 Å². The van der Waals surface area contributed by atoms with Gasteiger partial charge in [0.1, 0.15) is 0 Å². The van der Waals surface area contributed by atoms with E-state index in [4.69, 9.17) is 0 Å². The normalized spacial score (nSPS) is 15.1. The van der Waals surface area contributed by atoms with Gasteiger partial charge in [0.15, 0.2) is 0 Å². The van der Waals surface area contributed by atoms with Crippen molar-refractivity contribution in [1.29, 1.82) is 0 Å². The van der Waals surface area contributed by atoms with Crippen molar-refractivity contribution in [3.8, 4) is 0 Å². The van der Waals surface area contributed by atoms with E-state index in [1.54, 1.807) is 4.81 Å². The molecular formula is C9H10BNO. The van der Waals surface area contributed by atoms with Crippen LogP contribution in [0.5, 0.6) is 0 Å². The van der Waals surface area contributed by atoms with Crippen molar-refractivity contribution in [3.05, 3.63) is 34.9 Å². The minimum atomic E-state index is 0.156. The summed E-state index contributed by atoms with van der Waals surface area (Å²) in [6.07, 6.45) is 0. The Bertz CT molecular complexity index is 348. The van der Waals surface area contributed by atoms with Gasteiger partial charge in [0.25, 0.3) is 0 Å². The summed E-state index contributed by atoms with van der Waals surface area (Å²) in [6.45, 7) is 2.74. The van der Waals surface area contributed by atoms with E-state index in [1.807, 2.05) is 33.1 Å². The van der Waals surface area contributed by atoms with Gasteiger partial charge in [-0.05, 0) is 18.1 Å². The first-order valence-corrected chi connectivity index (χ1v) is 4.04. The Morgan fingerprint density at radius 2 is 2.25 bits per heavy atom. The lowest BCUT2D eigenvalue weighted by atomic mass is 10.0. The molecule has 1 aliphatic rings. The van der Waals surface area contributed by atoms with Crippen molar-refractivity contribution in [2.75, 3.05) is 0 Å². The summed E-state index contributed by atoms with van der Waals surface area (Å²) in [5, 5.41) is 0. The smallest absolute Gasteiger partial charge is 0.242 e. The number of fused-ring (bicyclic) bond motifs is 1. The Labute approximate surface area is 72.6 Å². The fourth-order valence-electron chi connectivity index (χ4n) is 1.68. The topological polar surface area (TPSA) is 20.3 Å². The molecule has 0 N–H and O–H groups in total. The Balaban J connectivity index is 2.62. The van der Waals surface area contributed by atoms with E-state index in [2.05, 4.69) is 0 Å². The zero-order chi connectivity index (χ0) is 8.72. The summed E-state index contributed by atoms with van der Waals surface area (Å²) in [6, 6.07) is 6.00. The number of carbonyl (C=O) groups excluding carboxylic acids is 1. The van der Waals surface area contributed by atoms with Gasteiger partial charge in [0.05, 0.1) is 0 Å². The second-order valence-corrected chi connectivity index (χ2v) is 3.27. The SMILES string of the molecule is BN1Cc2cccc(C)c2C1=O. The molecule has 0 aromatic heterocycles. The molecule has 60 valence electrons. The van der Waals surface area contributed by atoms with Crippen molar-refractivity contribution in [2.45, 2.75) is 13.5 Å². The summed E-state index contributed by atoms with van der Waals surface area (Å²) in [5.41, 5.74) is 3.14. The molecule has 0 spiro atoms. The predicted molar refractivity (Wildman–Crippen MR) is 49.6 cm³/mol. The van der Waals surface area contributed by atoms with Gasteiger partial charge in [-0.25, -0.2) is 0 Å². The summed E-state index contributed by atoms with van der Waals surface area (Å²) in [4.78, 5) is 13.3. The highest BCUT2D eigenvalue weighted by molar-refractivity contribution is 6.20. The molecule has 1 aromatic rings. The van der Waals surface area contributed by atoms with Gasteiger partial charge in [-0.2, -0.15) is 0 Å². The van der Waals surface area contributed by atoms with Crippen molar-refractivity contribution in [3.63, 3.8) is 0 Å². The van der Waals surface area contributed by atoms with Gasteiger partial charge in [-0.1, -0.05) is 18.2 Å². The first kappa shape index (κ1) is 7.41. The van der Waals surface area contributed by atoms with Crippen LogP contribution in [0, 0.1) is 6.92 Å². The van der Waals surface area contributed by atoms with Crippen LogP contribution >= 0.6 is 0 Å². The van der Waals surface area contributed by atoms with Crippen molar-refractivity contribution >= 4 is 13.9 Å². The lowest BCUT2D eigenvalue weighted by Gasteiger charge is -2.05. The Morgan fingerprint density at radius 3 is 2.92 bits per heavy atom. The highest BCUT2D eigenvalue weighted by Gasteiger charge is 2.24. The fourth-order valence-corrected chi connectivity index (χ4v) is 1.68. The maximum absolute atomic E-state index is 11.5. The van der Waals surface area contributed by atoms with Crippen LogP contribution in [0.3, 0.4) is 0 Å². The zero-order valence-corrected chi connectivity index (χ0v) is 7.29. The standard InChI is InChI=1S/C9H10BNO/c1-6-3-2-4-7-5-11(10)9(12)8(6)7/h2-4H,5,10H2,1H3. The molecule has 2 nitrogen and oxygen atoms in total. The first-order valence-electron chi connectivity index (χ1n) is 4.04. The van der Waals surface area contributed by atoms with Crippen molar-refractivity contribution < 1.29 is 4.79 Å². The van der Waals surface area contributed by atoms with Crippen LogP contribution in [0.25, 0.3) is 0 Å². The van der Waals surface area contributed by atoms with Crippen LogP contribution in [0.2, 0.25) is 0 Å². The molecule has 0 saturated carbocycles. The molecule has 0 unspecified atom stereocenters. The Hall–Kier alpha value is -1.25. The molecule has 0 saturated heterocycles. The number of hydrogen-bond acceptors (Lipinski definition) is 1. The molecule has 12 heavy (non-hydrogen) atoms. The molecule has 0 atom stereocenters. The van der Waals surface area contributed by atoms with Gasteiger partial charge in [-0.15, -0.1) is 0 Å². The lowest BCUT2D eigenvalue weighted by molar-refractivity contribution is 0.0880. The molecule has 0 bridgehead atoms. The summed E-state index contributed by atoms with van der Waals surface area (Å²) < 4.78 is 0. The largest absolute Gasteiger partial charge is 0.386 e. The van der Waals surface area contributed by atoms with E-state index >= 15 is 0 Å². The van der Waals surface area contributed by atoms with Crippen LogP contribution in [0.4, 0.5) is 0 Å². The van der Waals surface area contributed by atoms with Crippen molar-refractivity contribution in [1.82, 2.24) is 4.81 Å². The van der Waals surface area contributed by atoms with Gasteiger partial charge in [-0.3, -0.25) is 4.79 Å². The molecule has 1 aromatic carbocycles. The molecule has 3 heteroatoms. The minimum absolute atomic E-state index is 0.156. The second-order valence-electron chi connectivity index (χ2n) is 3.27. The molecule has 0 aliphatic carbocycles. The van der Waals surface area contributed by atoms with E-state index in [-0.39, 0.29) is 5.91 Å². The highest BCUT2D eigenvalue weighted by Crippen LogP contribution is 2.23. The van der Waals surface area contributed by atoms with E-state index in [0.29, 0.717) is 0 Å². The molecule has 1 amide bonds. The number of nitrogens with zero attached hydrogens (tertiary/aromatic N) is 1. The third-order valence-corrected chi connectivity index (χ3v) is 2.33. The lowest BCUT2D eigenvalue weighted by Crippen LogP contribution is -2.19. The maximum atomic E-state index is 11.5. The van der Waals surface area contributed by atoms with Crippen LogP contribution in [0.15, 0.2) is 18.2 Å². The number of benzene rings is 1.